The van der Waals surface area contributed by atoms with E-state index in [2.05, 4.69) is 49.3 Å². The van der Waals surface area contributed by atoms with Gasteiger partial charge in [0, 0.05) is 26.4 Å². The molecule has 0 unspecified atom stereocenters. The zero-order valence-electron chi connectivity index (χ0n) is 13.5. The molecule has 0 fully saturated rings. The Morgan fingerprint density at radius 1 is 1.43 bits per heavy atom. The summed E-state index contributed by atoms with van der Waals surface area (Å²) in [5, 5.41) is 2.65. The van der Waals surface area contributed by atoms with Crippen molar-refractivity contribution in [3.05, 3.63) is 29.3 Å². The predicted octanol–water partition coefficient (Wildman–Crippen LogP) is 2.36. The second-order valence-corrected chi connectivity index (χ2v) is 6.50. The summed E-state index contributed by atoms with van der Waals surface area (Å²) >= 11 is 0. The van der Waals surface area contributed by atoms with E-state index in [1.54, 1.807) is 7.05 Å². The largest absolute Gasteiger partial charge is 0.487 e. The number of carbonyl (C=O) groups excluding carboxylic acids is 1. The number of nitrogens with one attached hydrogen (secondary N) is 1. The van der Waals surface area contributed by atoms with Gasteiger partial charge in [-0.05, 0) is 51.1 Å². The maximum Gasteiger partial charge on any atom is 0.219 e. The van der Waals surface area contributed by atoms with E-state index in [-0.39, 0.29) is 11.5 Å². The first kappa shape index (κ1) is 15.8. The summed E-state index contributed by atoms with van der Waals surface area (Å²) in [4.78, 5) is 13.5. The Hall–Kier alpha value is -1.55. The van der Waals surface area contributed by atoms with Crippen molar-refractivity contribution in [2.45, 2.75) is 45.3 Å². The Morgan fingerprint density at radius 3 is 2.90 bits per heavy atom. The van der Waals surface area contributed by atoms with E-state index in [4.69, 9.17) is 4.74 Å². The van der Waals surface area contributed by atoms with Gasteiger partial charge in [0.25, 0.3) is 0 Å². The Balaban J connectivity index is 1.85. The number of amides is 1. The lowest BCUT2D eigenvalue weighted by Gasteiger charge is -2.17. The van der Waals surface area contributed by atoms with Crippen LogP contribution in [0.5, 0.6) is 5.75 Å². The van der Waals surface area contributed by atoms with Gasteiger partial charge in [0.2, 0.25) is 5.91 Å². The number of hydrogen-bond acceptors (Lipinski definition) is 3. The van der Waals surface area contributed by atoms with Crippen LogP contribution < -0.4 is 10.1 Å². The van der Waals surface area contributed by atoms with Crippen LogP contribution in [0.3, 0.4) is 0 Å². The summed E-state index contributed by atoms with van der Waals surface area (Å²) in [5.74, 6) is 1.13. The molecule has 21 heavy (non-hydrogen) atoms. The summed E-state index contributed by atoms with van der Waals surface area (Å²) in [6.45, 7) is 6.07. The molecule has 2 rings (SSSR count). The number of nitrogens with zero attached hydrogens (tertiary/aromatic N) is 1. The van der Waals surface area contributed by atoms with Gasteiger partial charge in [0.1, 0.15) is 11.4 Å². The molecule has 1 aromatic rings. The fraction of sp³-hybridized carbons (Fsp3) is 0.588. The summed E-state index contributed by atoms with van der Waals surface area (Å²) in [7, 11) is 3.78. The predicted molar refractivity (Wildman–Crippen MR) is 84.5 cm³/mol. The van der Waals surface area contributed by atoms with Crippen molar-refractivity contribution >= 4 is 5.91 Å². The standard InChI is InChI=1S/C17H26N2O2/c1-17(2)11-14-10-13(7-8-15(14)21-17)12-19(4)9-5-6-16(20)18-3/h7-8,10H,5-6,9,11-12H2,1-4H3,(H,18,20). The molecule has 1 heterocycles. The van der Waals surface area contributed by atoms with Gasteiger partial charge < -0.3 is 15.0 Å². The monoisotopic (exact) mass is 290 g/mol. The maximum absolute atomic E-state index is 11.2. The average Bonchev–Trinajstić information content (AvgIpc) is 2.71. The third-order valence-corrected chi connectivity index (χ3v) is 3.80. The molecule has 0 saturated carbocycles. The van der Waals surface area contributed by atoms with Crippen LogP contribution in [0.15, 0.2) is 18.2 Å². The van der Waals surface area contributed by atoms with Gasteiger partial charge >= 0.3 is 0 Å². The first-order chi connectivity index (χ1) is 9.89. The van der Waals surface area contributed by atoms with E-state index < -0.39 is 0 Å². The molecule has 0 radical (unpaired) electrons. The molecule has 0 spiro atoms. The number of carbonyl (C=O) groups is 1. The quantitative estimate of drug-likeness (QED) is 0.874. The smallest absolute Gasteiger partial charge is 0.219 e. The summed E-state index contributed by atoms with van der Waals surface area (Å²) < 4.78 is 5.90. The molecule has 0 aromatic heterocycles. The summed E-state index contributed by atoms with van der Waals surface area (Å²) in [6, 6.07) is 6.46. The Bertz CT molecular complexity index is 512. The molecule has 1 aliphatic rings. The highest BCUT2D eigenvalue weighted by molar-refractivity contribution is 5.75. The second kappa shape index (κ2) is 6.48. The lowest BCUT2D eigenvalue weighted by molar-refractivity contribution is -0.120. The number of ether oxygens (including phenoxy) is 1. The van der Waals surface area contributed by atoms with Crippen molar-refractivity contribution in [2.24, 2.45) is 0 Å². The van der Waals surface area contributed by atoms with Crippen LogP contribution in [0.1, 0.15) is 37.8 Å². The van der Waals surface area contributed by atoms with E-state index in [9.17, 15) is 4.79 Å². The number of rotatable bonds is 6. The molecule has 1 amide bonds. The van der Waals surface area contributed by atoms with Crippen LogP contribution in [0.4, 0.5) is 0 Å². The van der Waals surface area contributed by atoms with Crippen LogP contribution in [0.2, 0.25) is 0 Å². The molecule has 0 atom stereocenters. The lowest BCUT2D eigenvalue weighted by Crippen LogP contribution is -2.24. The van der Waals surface area contributed by atoms with Crippen molar-refractivity contribution in [3.63, 3.8) is 0 Å². The molecular formula is C17H26N2O2. The van der Waals surface area contributed by atoms with Gasteiger partial charge in [-0.1, -0.05) is 12.1 Å². The third-order valence-electron chi connectivity index (χ3n) is 3.80. The number of hydrogen-bond donors (Lipinski definition) is 1. The van der Waals surface area contributed by atoms with E-state index in [1.165, 1.54) is 11.1 Å². The van der Waals surface area contributed by atoms with Crippen molar-refractivity contribution in [1.82, 2.24) is 10.2 Å². The van der Waals surface area contributed by atoms with Gasteiger partial charge in [0.05, 0.1) is 0 Å². The number of benzene rings is 1. The summed E-state index contributed by atoms with van der Waals surface area (Å²) in [6.07, 6.45) is 2.45. The van der Waals surface area contributed by atoms with Crippen LogP contribution in [0.25, 0.3) is 0 Å². The Morgan fingerprint density at radius 2 is 2.19 bits per heavy atom. The molecule has 0 bridgehead atoms. The molecular weight excluding hydrogens is 264 g/mol. The van der Waals surface area contributed by atoms with Crippen molar-refractivity contribution in [1.29, 1.82) is 0 Å². The number of fused-ring (bicyclic) bond motifs is 1. The van der Waals surface area contributed by atoms with E-state index in [0.29, 0.717) is 6.42 Å². The molecule has 0 saturated heterocycles. The minimum Gasteiger partial charge on any atom is -0.487 e. The minimum atomic E-state index is -0.0830. The Kier molecular flexibility index (Phi) is 4.88. The van der Waals surface area contributed by atoms with Crippen molar-refractivity contribution < 1.29 is 9.53 Å². The van der Waals surface area contributed by atoms with Gasteiger partial charge in [-0.2, -0.15) is 0 Å². The van der Waals surface area contributed by atoms with Gasteiger partial charge in [0.15, 0.2) is 0 Å². The highest BCUT2D eigenvalue weighted by atomic mass is 16.5. The molecule has 1 N–H and O–H groups in total. The van der Waals surface area contributed by atoms with Crippen LogP contribution in [-0.2, 0) is 17.8 Å². The fourth-order valence-electron chi connectivity index (χ4n) is 2.79. The fourth-order valence-corrected chi connectivity index (χ4v) is 2.79. The zero-order valence-corrected chi connectivity index (χ0v) is 13.5. The van der Waals surface area contributed by atoms with Gasteiger partial charge in [-0.25, -0.2) is 0 Å². The normalized spacial score (nSPS) is 15.7. The second-order valence-electron chi connectivity index (χ2n) is 6.50. The highest BCUT2D eigenvalue weighted by Crippen LogP contribution is 2.35. The first-order valence-electron chi connectivity index (χ1n) is 7.59. The van der Waals surface area contributed by atoms with Crippen LogP contribution >= 0.6 is 0 Å². The Labute approximate surface area is 127 Å². The lowest BCUT2D eigenvalue weighted by atomic mass is 10.00. The van der Waals surface area contributed by atoms with Gasteiger partial charge in [-0.3, -0.25) is 4.79 Å². The first-order valence-corrected chi connectivity index (χ1v) is 7.59. The zero-order chi connectivity index (χ0) is 15.5. The van der Waals surface area contributed by atoms with Crippen LogP contribution in [-0.4, -0.2) is 37.0 Å². The van der Waals surface area contributed by atoms with E-state index in [1.807, 2.05) is 0 Å². The minimum absolute atomic E-state index is 0.0830. The molecule has 1 aliphatic heterocycles. The average molecular weight is 290 g/mol. The molecule has 1 aromatic carbocycles. The molecule has 4 heteroatoms. The topological polar surface area (TPSA) is 41.6 Å². The molecule has 4 nitrogen and oxygen atoms in total. The van der Waals surface area contributed by atoms with Crippen molar-refractivity contribution in [3.8, 4) is 5.75 Å². The molecule has 116 valence electrons. The maximum atomic E-state index is 11.2. The van der Waals surface area contributed by atoms with E-state index in [0.717, 1.165) is 31.7 Å². The summed E-state index contributed by atoms with van der Waals surface area (Å²) in [5.41, 5.74) is 2.52. The van der Waals surface area contributed by atoms with Crippen LogP contribution in [0, 0.1) is 0 Å². The van der Waals surface area contributed by atoms with E-state index >= 15 is 0 Å². The van der Waals surface area contributed by atoms with Crippen molar-refractivity contribution in [2.75, 3.05) is 20.6 Å². The third kappa shape index (κ3) is 4.46. The highest BCUT2D eigenvalue weighted by Gasteiger charge is 2.29. The molecule has 0 aliphatic carbocycles. The van der Waals surface area contributed by atoms with Gasteiger partial charge in [-0.15, -0.1) is 0 Å². The SMILES string of the molecule is CNC(=O)CCCN(C)Cc1ccc2c(c1)CC(C)(C)O2.